The summed E-state index contributed by atoms with van der Waals surface area (Å²) in [6.07, 6.45) is 17.9. The van der Waals surface area contributed by atoms with Crippen LogP contribution in [0.2, 0.25) is 0 Å². The van der Waals surface area contributed by atoms with Crippen molar-refractivity contribution >= 4 is 11.4 Å². The summed E-state index contributed by atoms with van der Waals surface area (Å²) in [6, 6.07) is 9.46. The molecule has 1 saturated carbocycles. The molecule has 0 amide bonds. The summed E-state index contributed by atoms with van der Waals surface area (Å²) in [7, 11) is 0. The molecule has 3 aliphatic heterocycles. The Labute approximate surface area is 242 Å². The lowest BCUT2D eigenvalue weighted by Crippen LogP contribution is -2.35. The van der Waals surface area contributed by atoms with Crippen molar-refractivity contribution in [3.05, 3.63) is 71.3 Å². The van der Waals surface area contributed by atoms with Crippen LogP contribution in [0.15, 0.2) is 58.6 Å². The van der Waals surface area contributed by atoms with Crippen molar-refractivity contribution in [3.8, 4) is 0 Å². The number of hydrogen-bond acceptors (Lipinski definition) is 2. The van der Waals surface area contributed by atoms with Crippen molar-refractivity contribution in [2.75, 3.05) is 0 Å². The minimum absolute atomic E-state index is 0.00931. The van der Waals surface area contributed by atoms with Gasteiger partial charge in [-0.2, -0.15) is 0 Å². The summed E-state index contributed by atoms with van der Waals surface area (Å²) in [5, 5.41) is 0. The molecule has 8 bridgehead atoms. The van der Waals surface area contributed by atoms with E-state index < -0.39 is 0 Å². The average Bonchev–Trinajstić information content (AvgIpc) is 3.72. The number of H-pyrrole nitrogens is 2. The molecule has 4 heteroatoms. The number of hydrogen-bond donors (Lipinski definition) is 2. The molecular weight excluding hydrogens is 488 g/mol. The van der Waals surface area contributed by atoms with Gasteiger partial charge in [0.1, 0.15) is 11.1 Å². The fourth-order valence-electron chi connectivity index (χ4n) is 9.78. The quantitative estimate of drug-likeness (QED) is 0.337. The molecule has 4 aliphatic rings. The summed E-state index contributed by atoms with van der Waals surface area (Å²) in [5.41, 5.74) is 6.74. The third kappa shape index (κ3) is 2.79. The van der Waals surface area contributed by atoms with Crippen LogP contribution in [0.4, 0.5) is 0 Å². The molecule has 0 saturated heterocycles. The Bertz CT molecular complexity index is 1310. The van der Waals surface area contributed by atoms with Crippen LogP contribution < -0.4 is 0 Å². The van der Waals surface area contributed by atoms with Gasteiger partial charge >= 0.3 is 0 Å². The molecule has 1 fully saturated rings. The van der Waals surface area contributed by atoms with E-state index in [1.165, 1.54) is 34.2 Å². The van der Waals surface area contributed by atoms with Gasteiger partial charge in [-0.25, -0.2) is 0 Å². The first-order valence-electron chi connectivity index (χ1n) is 16.3. The first kappa shape index (κ1) is 27.5. The van der Waals surface area contributed by atoms with E-state index in [1.807, 2.05) is 0 Å². The molecule has 2 N–H and O–H groups in total. The summed E-state index contributed by atoms with van der Waals surface area (Å²) in [5.74, 6) is 0. The minimum atomic E-state index is -0.299. The lowest BCUT2D eigenvalue weighted by molar-refractivity contribution is 0.398. The average molecular weight is 539 g/mol. The number of aromatic nitrogens is 2. The number of fused-ring (bicyclic) bond motifs is 4. The van der Waals surface area contributed by atoms with Crippen molar-refractivity contribution in [1.29, 1.82) is 0 Å². The highest BCUT2D eigenvalue weighted by Gasteiger charge is 2.86. The molecule has 214 valence electrons. The number of aliphatic imine (C=N–C) groups is 2. The van der Waals surface area contributed by atoms with Crippen molar-refractivity contribution in [3.63, 3.8) is 0 Å². The maximum absolute atomic E-state index is 5.81. The molecule has 2 aromatic heterocycles. The molecule has 5 heterocycles. The second-order valence-corrected chi connectivity index (χ2v) is 12.9. The van der Waals surface area contributed by atoms with Gasteiger partial charge in [0.05, 0.1) is 10.8 Å². The van der Waals surface area contributed by atoms with E-state index in [1.54, 1.807) is 0 Å². The van der Waals surface area contributed by atoms with Crippen LogP contribution in [0.25, 0.3) is 0 Å². The molecule has 2 aromatic rings. The molecular formula is C36H50N4. The van der Waals surface area contributed by atoms with Gasteiger partial charge in [-0.05, 0) is 87.8 Å². The van der Waals surface area contributed by atoms with E-state index in [0.29, 0.717) is 0 Å². The number of rotatable bonds is 8. The van der Waals surface area contributed by atoms with Crippen LogP contribution >= 0.6 is 0 Å². The van der Waals surface area contributed by atoms with E-state index in [0.717, 1.165) is 51.4 Å². The first-order chi connectivity index (χ1) is 19.3. The fourth-order valence-corrected chi connectivity index (χ4v) is 9.78. The number of nitrogens with one attached hydrogen (secondary N) is 2. The zero-order valence-electron chi connectivity index (χ0n) is 26.2. The molecule has 0 aromatic carbocycles. The van der Waals surface area contributed by atoms with Gasteiger partial charge in [-0.15, -0.1) is 0 Å². The predicted octanol–water partition coefficient (Wildman–Crippen LogP) is 8.90. The smallest absolute Gasteiger partial charge is 0.117 e. The highest BCUT2D eigenvalue weighted by molar-refractivity contribution is 6.09. The van der Waals surface area contributed by atoms with E-state index in [4.69, 9.17) is 9.98 Å². The topological polar surface area (TPSA) is 56.3 Å². The Balaban J connectivity index is 1.69. The maximum atomic E-state index is 5.81. The minimum Gasteiger partial charge on any atom is -0.361 e. The van der Waals surface area contributed by atoms with Gasteiger partial charge in [0.25, 0.3) is 0 Å². The van der Waals surface area contributed by atoms with Crippen molar-refractivity contribution < 1.29 is 0 Å². The van der Waals surface area contributed by atoms with Gasteiger partial charge in [-0.1, -0.05) is 67.5 Å². The Morgan fingerprint density at radius 1 is 0.475 bits per heavy atom. The van der Waals surface area contributed by atoms with Crippen LogP contribution in [0, 0.1) is 5.41 Å². The Kier molecular flexibility index (Phi) is 6.15. The van der Waals surface area contributed by atoms with E-state index in [2.05, 4.69) is 114 Å². The van der Waals surface area contributed by atoms with Gasteiger partial charge in [-0.3, -0.25) is 9.98 Å². The summed E-state index contributed by atoms with van der Waals surface area (Å²) < 4.78 is 0. The van der Waals surface area contributed by atoms with Gasteiger partial charge in [0.2, 0.25) is 0 Å². The summed E-state index contributed by atoms with van der Waals surface area (Å²) in [6.45, 7) is 18.7. The molecule has 0 radical (unpaired) electrons. The zero-order valence-corrected chi connectivity index (χ0v) is 26.2. The summed E-state index contributed by atoms with van der Waals surface area (Å²) in [4.78, 5) is 19.7. The third-order valence-corrected chi connectivity index (χ3v) is 12.8. The second-order valence-electron chi connectivity index (χ2n) is 12.9. The number of nitrogens with zero attached hydrogens (tertiary/aromatic N) is 2. The molecule has 6 rings (SSSR count). The number of aromatic amines is 2. The third-order valence-electron chi connectivity index (χ3n) is 12.8. The SMILES string of the molecule is CCC1(CC)C2=NC3(C=C2)C(CC)(CC)C32C=CC(=N2)C(CC)(CC)c2ccc([nH]2)C(CC)(CC)c2ccc1[nH]2. The van der Waals surface area contributed by atoms with Gasteiger partial charge in [0.15, 0.2) is 0 Å². The standard InChI is InChI=1S/C36H50N4/c1-9-31(10-2)25-17-19-27(37-25)32(11-3,12-4)29-21-23-35(39-29)34(15-7,16-8)36(35)24-22-30(40-36)33(13-5,14-6)28-20-18-26(31)38-28/h17-24,37-38H,9-16H2,1-8H3. The Hall–Kier alpha value is -2.62. The van der Waals surface area contributed by atoms with E-state index >= 15 is 0 Å². The van der Waals surface area contributed by atoms with Gasteiger partial charge in [0, 0.05) is 45.0 Å². The van der Waals surface area contributed by atoms with Crippen LogP contribution in [0.1, 0.15) is 130 Å². The van der Waals surface area contributed by atoms with E-state index in [-0.39, 0.29) is 32.7 Å². The Morgan fingerprint density at radius 3 is 1.10 bits per heavy atom. The summed E-state index contributed by atoms with van der Waals surface area (Å²) >= 11 is 0. The monoisotopic (exact) mass is 538 g/mol. The molecule has 2 unspecified atom stereocenters. The van der Waals surface area contributed by atoms with Crippen LogP contribution in [-0.2, 0) is 16.2 Å². The molecule has 1 aliphatic carbocycles. The first-order valence-corrected chi connectivity index (χ1v) is 16.3. The lowest BCUT2D eigenvalue weighted by atomic mass is 9.75. The van der Waals surface area contributed by atoms with E-state index in [9.17, 15) is 0 Å². The van der Waals surface area contributed by atoms with Crippen LogP contribution in [0.3, 0.4) is 0 Å². The van der Waals surface area contributed by atoms with Crippen LogP contribution in [0.5, 0.6) is 0 Å². The lowest BCUT2D eigenvalue weighted by Gasteiger charge is -2.34. The maximum Gasteiger partial charge on any atom is 0.117 e. The molecule has 2 spiro atoms. The zero-order chi connectivity index (χ0) is 28.6. The number of allylic oxidation sites excluding steroid dienone is 2. The normalized spacial score (nSPS) is 29.4. The highest BCUT2D eigenvalue weighted by Crippen LogP contribution is 2.77. The second kappa shape index (κ2) is 8.94. The molecule has 2 atom stereocenters. The van der Waals surface area contributed by atoms with Crippen molar-refractivity contribution in [1.82, 2.24) is 9.97 Å². The van der Waals surface area contributed by atoms with Crippen molar-refractivity contribution in [2.24, 2.45) is 15.4 Å². The van der Waals surface area contributed by atoms with Gasteiger partial charge < -0.3 is 9.97 Å². The molecule has 40 heavy (non-hydrogen) atoms. The fraction of sp³-hybridized carbons (Fsp3) is 0.611. The van der Waals surface area contributed by atoms with Crippen LogP contribution in [-0.4, -0.2) is 32.5 Å². The van der Waals surface area contributed by atoms with Crippen molar-refractivity contribution in [2.45, 2.75) is 134 Å². The predicted molar refractivity (Wildman–Crippen MR) is 169 cm³/mol. The Morgan fingerprint density at radius 2 is 0.800 bits per heavy atom. The highest BCUT2D eigenvalue weighted by atomic mass is 15.2. The molecule has 4 nitrogen and oxygen atoms in total. The largest absolute Gasteiger partial charge is 0.361 e.